The molecule has 0 fully saturated rings. The molecule has 7 heteroatoms. The van der Waals surface area contributed by atoms with Crippen molar-refractivity contribution in [2.45, 2.75) is 45.1 Å². The molecule has 3 rings (SSSR count). The van der Waals surface area contributed by atoms with Crippen LogP contribution in [-0.2, 0) is 17.9 Å². The zero-order valence-electron chi connectivity index (χ0n) is 18.2. The van der Waals surface area contributed by atoms with Gasteiger partial charge in [0.1, 0.15) is 12.4 Å². The van der Waals surface area contributed by atoms with E-state index in [1.165, 1.54) is 11.8 Å². The van der Waals surface area contributed by atoms with Crippen molar-refractivity contribution in [3.63, 3.8) is 0 Å². The lowest BCUT2D eigenvalue weighted by molar-refractivity contribution is -0.119. The monoisotopic (exact) mass is 436 g/mol. The van der Waals surface area contributed by atoms with Crippen LogP contribution in [0.15, 0.2) is 66.3 Å². The largest absolute Gasteiger partial charge is 0.485 e. The van der Waals surface area contributed by atoms with Gasteiger partial charge in [-0.1, -0.05) is 66.4 Å². The van der Waals surface area contributed by atoms with Gasteiger partial charge < -0.3 is 10.1 Å². The van der Waals surface area contributed by atoms with E-state index in [4.69, 9.17) is 4.74 Å². The number of hydrogen-bond acceptors (Lipinski definition) is 5. The molecular weight excluding hydrogens is 408 g/mol. The lowest BCUT2D eigenvalue weighted by atomic mass is 10.1. The van der Waals surface area contributed by atoms with Crippen LogP contribution in [0.5, 0.6) is 5.75 Å². The Kier molecular flexibility index (Phi) is 7.89. The minimum absolute atomic E-state index is 0.0529. The van der Waals surface area contributed by atoms with E-state index in [1.807, 2.05) is 73.9 Å². The van der Waals surface area contributed by atoms with Gasteiger partial charge in [-0.3, -0.25) is 9.36 Å². The van der Waals surface area contributed by atoms with Gasteiger partial charge in [-0.15, -0.1) is 16.8 Å². The van der Waals surface area contributed by atoms with Crippen molar-refractivity contribution in [2.75, 3.05) is 5.75 Å². The summed E-state index contributed by atoms with van der Waals surface area (Å²) in [5.74, 6) is 1.76. The number of amides is 1. The van der Waals surface area contributed by atoms with Crippen LogP contribution in [-0.4, -0.2) is 26.4 Å². The maximum atomic E-state index is 12.4. The Morgan fingerprint density at radius 2 is 1.87 bits per heavy atom. The highest BCUT2D eigenvalue weighted by Crippen LogP contribution is 2.24. The number of aromatic nitrogens is 3. The molecule has 1 N–H and O–H groups in total. The third-order valence-electron chi connectivity index (χ3n) is 4.87. The van der Waals surface area contributed by atoms with Gasteiger partial charge in [0.25, 0.3) is 0 Å². The molecule has 1 heterocycles. The number of carbonyl (C=O) groups excluding carboxylic acids is 1. The quantitative estimate of drug-likeness (QED) is 0.371. The van der Waals surface area contributed by atoms with Crippen molar-refractivity contribution in [1.82, 2.24) is 20.1 Å². The molecule has 0 spiro atoms. The molecular formula is C24H28N4O2S. The number of benzene rings is 2. The number of allylic oxidation sites excluding steroid dienone is 1. The molecule has 0 aliphatic rings. The van der Waals surface area contributed by atoms with Crippen molar-refractivity contribution < 1.29 is 9.53 Å². The Hall–Kier alpha value is -3.06. The van der Waals surface area contributed by atoms with Gasteiger partial charge in [0.05, 0.1) is 11.8 Å². The molecule has 1 aromatic heterocycles. The van der Waals surface area contributed by atoms with E-state index >= 15 is 0 Å². The Morgan fingerprint density at radius 3 is 2.55 bits per heavy atom. The SMILES string of the molecule is C=CCn1c(COc2c(C)cccc2C)nnc1SCC(=O)NC(C)c1ccccc1. The third-order valence-corrected chi connectivity index (χ3v) is 5.84. The van der Waals surface area contributed by atoms with Crippen LogP contribution in [0.4, 0.5) is 0 Å². The fourth-order valence-electron chi connectivity index (χ4n) is 3.25. The molecule has 162 valence electrons. The molecule has 0 aliphatic carbocycles. The maximum Gasteiger partial charge on any atom is 0.230 e. The summed E-state index contributed by atoms with van der Waals surface area (Å²) in [4.78, 5) is 12.4. The third kappa shape index (κ3) is 5.98. The molecule has 31 heavy (non-hydrogen) atoms. The number of thioether (sulfide) groups is 1. The topological polar surface area (TPSA) is 69.0 Å². The first-order valence-corrected chi connectivity index (χ1v) is 11.2. The van der Waals surface area contributed by atoms with Crippen LogP contribution in [0.2, 0.25) is 0 Å². The van der Waals surface area contributed by atoms with Gasteiger partial charge in [0.15, 0.2) is 11.0 Å². The molecule has 0 saturated carbocycles. The van der Waals surface area contributed by atoms with E-state index in [2.05, 4.69) is 22.1 Å². The Morgan fingerprint density at radius 1 is 1.16 bits per heavy atom. The van der Waals surface area contributed by atoms with Crippen molar-refractivity contribution in [1.29, 1.82) is 0 Å². The number of nitrogens with one attached hydrogen (secondary N) is 1. The molecule has 0 aliphatic heterocycles. The van der Waals surface area contributed by atoms with Crippen LogP contribution in [0.3, 0.4) is 0 Å². The predicted octanol–water partition coefficient (Wildman–Crippen LogP) is 4.63. The number of aryl methyl sites for hydroxylation is 2. The number of para-hydroxylation sites is 1. The second-order valence-electron chi connectivity index (χ2n) is 7.30. The fourth-order valence-corrected chi connectivity index (χ4v) is 4.02. The van der Waals surface area contributed by atoms with Crippen LogP contribution in [0, 0.1) is 13.8 Å². The zero-order valence-corrected chi connectivity index (χ0v) is 19.0. The van der Waals surface area contributed by atoms with E-state index in [0.717, 1.165) is 22.4 Å². The first-order valence-electron chi connectivity index (χ1n) is 10.2. The van der Waals surface area contributed by atoms with Crippen molar-refractivity contribution in [3.05, 3.63) is 83.7 Å². The summed E-state index contributed by atoms with van der Waals surface area (Å²) >= 11 is 1.36. The number of hydrogen-bond donors (Lipinski definition) is 1. The van der Waals surface area contributed by atoms with E-state index in [1.54, 1.807) is 6.08 Å². The highest BCUT2D eigenvalue weighted by atomic mass is 32.2. The molecule has 1 unspecified atom stereocenters. The van der Waals surface area contributed by atoms with E-state index in [-0.39, 0.29) is 17.7 Å². The van der Waals surface area contributed by atoms with Crippen LogP contribution >= 0.6 is 11.8 Å². The zero-order chi connectivity index (χ0) is 22.2. The molecule has 3 aromatic rings. The van der Waals surface area contributed by atoms with E-state index in [9.17, 15) is 4.79 Å². The van der Waals surface area contributed by atoms with Gasteiger partial charge >= 0.3 is 0 Å². The molecule has 0 radical (unpaired) electrons. The molecule has 1 amide bonds. The van der Waals surface area contributed by atoms with Gasteiger partial charge in [-0.2, -0.15) is 0 Å². The minimum atomic E-state index is -0.0540. The van der Waals surface area contributed by atoms with Crippen molar-refractivity contribution in [2.24, 2.45) is 0 Å². The summed E-state index contributed by atoms with van der Waals surface area (Å²) in [6, 6.07) is 15.9. The van der Waals surface area contributed by atoms with Gasteiger partial charge in [-0.25, -0.2) is 0 Å². The predicted molar refractivity (Wildman–Crippen MR) is 124 cm³/mol. The fraction of sp³-hybridized carbons (Fsp3) is 0.292. The van der Waals surface area contributed by atoms with Crippen LogP contribution in [0.25, 0.3) is 0 Å². The molecule has 0 bridgehead atoms. The Balaban J connectivity index is 1.62. The lowest BCUT2D eigenvalue weighted by Crippen LogP contribution is -2.28. The summed E-state index contributed by atoms with van der Waals surface area (Å²) < 4.78 is 7.96. The van der Waals surface area contributed by atoms with Gasteiger partial charge in [0, 0.05) is 6.54 Å². The molecule has 2 aromatic carbocycles. The molecule has 6 nitrogen and oxygen atoms in total. The minimum Gasteiger partial charge on any atom is -0.485 e. The summed E-state index contributed by atoms with van der Waals surface area (Å²) in [6.45, 7) is 10.7. The van der Waals surface area contributed by atoms with Gasteiger partial charge in [0.2, 0.25) is 5.91 Å². The van der Waals surface area contributed by atoms with Crippen LogP contribution in [0.1, 0.15) is 35.5 Å². The second-order valence-corrected chi connectivity index (χ2v) is 8.24. The smallest absolute Gasteiger partial charge is 0.230 e. The summed E-state index contributed by atoms with van der Waals surface area (Å²) in [5, 5.41) is 12.2. The average molecular weight is 437 g/mol. The lowest BCUT2D eigenvalue weighted by Gasteiger charge is -2.14. The summed E-state index contributed by atoms with van der Waals surface area (Å²) in [7, 11) is 0. The van der Waals surface area contributed by atoms with Crippen molar-refractivity contribution in [3.8, 4) is 5.75 Å². The van der Waals surface area contributed by atoms with E-state index in [0.29, 0.717) is 24.1 Å². The summed E-state index contributed by atoms with van der Waals surface area (Å²) in [6.07, 6.45) is 1.79. The van der Waals surface area contributed by atoms with Crippen molar-refractivity contribution >= 4 is 17.7 Å². The Bertz CT molecular complexity index is 1010. The molecule has 1 atom stereocenters. The Labute approximate surface area is 187 Å². The number of carbonyl (C=O) groups is 1. The molecule has 0 saturated heterocycles. The first kappa shape index (κ1) is 22.6. The number of nitrogens with zero attached hydrogens (tertiary/aromatic N) is 3. The summed E-state index contributed by atoms with van der Waals surface area (Å²) in [5.41, 5.74) is 3.23. The number of ether oxygens (including phenoxy) is 1. The van der Waals surface area contributed by atoms with Gasteiger partial charge in [-0.05, 0) is 37.5 Å². The maximum absolute atomic E-state index is 12.4. The highest BCUT2D eigenvalue weighted by molar-refractivity contribution is 7.99. The second kappa shape index (κ2) is 10.8. The number of rotatable bonds is 10. The highest BCUT2D eigenvalue weighted by Gasteiger charge is 2.16. The average Bonchev–Trinajstić information content (AvgIpc) is 3.14. The normalized spacial score (nSPS) is 11.7. The first-order chi connectivity index (χ1) is 15.0. The standard InChI is InChI=1S/C24H28N4O2S/c1-5-14-28-21(15-30-23-17(2)10-9-11-18(23)3)26-27-24(28)31-16-22(29)25-19(4)20-12-7-6-8-13-20/h5-13,19H,1,14-16H2,2-4H3,(H,25,29). The van der Waals surface area contributed by atoms with Crippen LogP contribution < -0.4 is 10.1 Å². The van der Waals surface area contributed by atoms with E-state index < -0.39 is 0 Å².